The maximum Gasteiger partial charge on any atom is 0.253 e. The van der Waals surface area contributed by atoms with Crippen molar-refractivity contribution >= 4 is 35.2 Å². The van der Waals surface area contributed by atoms with Gasteiger partial charge in [-0.1, -0.05) is 42.2 Å². The Morgan fingerprint density at radius 1 is 0.443 bits per heavy atom. The number of hydrogen-bond donors (Lipinski definition) is 2. The van der Waals surface area contributed by atoms with Gasteiger partial charge >= 0.3 is 0 Å². The Labute approximate surface area is 410 Å². The lowest BCUT2D eigenvalue weighted by molar-refractivity contribution is -0.137. The van der Waals surface area contributed by atoms with Crippen LogP contribution in [0.15, 0.2) is 60.7 Å². The van der Waals surface area contributed by atoms with E-state index in [-0.39, 0.29) is 43.5 Å². The number of carbonyl (C=O) groups excluding carboxylic acids is 5. The highest BCUT2D eigenvalue weighted by atomic mass is 16.6. The predicted octanol–water partition coefficient (Wildman–Crippen LogP) is 1.44. The summed E-state index contributed by atoms with van der Waals surface area (Å²) in [6.45, 7) is 10.5. The molecule has 0 fully saturated rings. The number of amides is 5. The van der Waals surface area contributed by atoms with Crippen molar-refractivity contribution in [3.8, 4) is 11.8 Å². The first-order valence-corrected chi connectivity index (χ1v) is 23.8. The minimum Gasteiger partial charge on any atom is -0.377 e. The molecule has 2 aromatic rings. The van der Waals surface area contributed by atoms with Gasteiger partial charge in [-0.05, 0) is 23.8 Å². The van der Waals surface area contributed by atoms with Crippen LogP contribution in [0.5, 0.6) is 0 Å². The fourth-order valence-corrected chi connectivity index (χ4v) is 6.43. The smallest absolute Gasteiger partial charge is 0.253 e. The molecule has 0 atom stereocenters. The minimum atomic E-state index is -0.403. The summed E-state index contributed by atoms with van der Waals surface area (Å²) < 4.78 is 60.4. The zero-order chi connectivity index (χ0) is 49.5. The van der Waals surface area contributed by atoms with E-state index in [2.05, 4.69) is 22.5 Å². The molecule has 0 radical (unpaired) electrons. The lowest BCUT2D eigenvalue weighted by Crippen LogP contribution is -2.35. The molecular formula is C50H70N4O16. The molecule has 0 saturated carbocycles. The van der Waals surface area contributed by atoms with E-state index in [0.717, 1.165) is 27.3 Å². The Kier molecular flexibility index (Phi) is 30.9. The van der Waals surface area contributed by atoms with Gasteiger partial charge in [-0.15, -0.1) is 0 Å². The number of anilines is 1. The summed E-state index contributed by atoms with van der Waals surface area (Å²) in [5.74, 6) is 4.99. The van der Waals surface area contributed by atoms with Crippen molar-refractivity contribution in [3.05, 3.63) is 77.4 Å². The number of hydrogen-bond acceptors (Lipinski definition) is 16. The monoisotopic (exact) mass is 982 g/mol. The molecule has 0 unspecified atom stereocenters. The van der Waals surface area contributed by atoms with E-state index >= 15 is 0 Å². The van der Waals surface area contributed by atoms with E-state index in [0.29, 0.717) is 165 Å². The Morgan fingerprint density at radius 2 is 0.800 bits per heavy atom. The topological polar surface area (TPSA) is 217 Å². The highest BCUT2D eigenvalue weighted by Gasteiger charge is 2.24. The maximum atomic E-state index is 13.3. The molecule has 2 heterocycles. The predicted molar refractivity (Wildman–Crippen MR) is 255 cm³/mol. The molecule has 20 heteroatoms. The molecule has 2 aromatic carbocycles. The zero-order valence-electron chi connectivity index (χ0n) is 40.2. The summed E-state index contributed by atoms with van der Waals surface area (Å²) in [7, 11) is 0. The quantitative estimate of drug-likeness (QED) is 0.0547. The third-order valence-electron chi connectivity index (χ3n) is 10.1. The van der Waals surface area contributed by atoms with Crippen LogP contribution >= 0.6 is 0 Å². The second kappa shape index (κ2) is 37.6. The van der Waals surface area contributed by atoms with Crippen LogP contribution in [0.4, 0.5) is 5.69 Å². The fourth-order valence-electron chi connectivity index (χ4n) is 6.43. The van der Waals surface area contributed by atoms with Gasteiger partial charge in [0.2, 0.25) is 17.7 Å². The Bertz CT molecular complexity index is 1910. The average molecular weight is 983 g/mol. The number of para-hydroxylation sites is 1. The molecule has 2 aliphatic heterocycles. The van der Waals surface area contributed by atoms with Crippen LogP contribution in [0.2, 0.25) is 0 Å². The van der Waals surface area contributed by atoms with E-state index in [1.807, 2.05) is 48.5 Å². The van der Waals surface area contributed by atoms with E-state index in [1.54, 1.807) is 4.90 Å². The van der Waals surface area contributed by atoms with Crippen molar-refractivity contribution in [3.63, 3.8) is 0 Å². The van der Waals surface area contributed by atoms with Gasteiger partial charge in [0, 0.05) is 62.2 Å². The van der Waals surface area contributed by atoms with Gasteiger partial charge in [-0.25, -0.2) is 0 Å². The van der Waals surface area contributed by atoms with Gasteiger partial charge in [0.05, 0.1) is 158 Å². The molecule has 0 saturated heterocycles. The molecule has 0 aromatic heterocycles. The zero-order valence-corrected chi connectivity index (χ0v) is 40.2. The fraction of sp³-hybridized carbons (Fsp3) is 0.580. The van der Waals surface area contributed by atoms with Gasteiger partial charge in [0.15, 0.2) is 0 Å². The third-order valence-corrected chi connectivity index (χ3v) is 10.1. The third kappa shape index (κ3) is 25.6. The Balaban J connectivity index is 0.782. The van der Waals surface area contributed by atoms with Crippen LogP contribution in [-0.4, -0.2) is 199 Å². The molecule has 0 bridgehead atoms. The van der Waals surface area contributed by atoms with Crippen LogP contribution in [0, 0.1) is 11.8 Å². The van der Waals surface area contributed by atoms with Gasteiger partial charge in [-0.2, -0.15) is 0 Å². The summed E-state index contributed by atoms with van der Waals surface area (Å²) in [4.78, 5) is 63.3. The van der Waals surface area contributed by atoms with E-state index in [9.17, 15) is 24.0 Å². The van der Waals surface area contributed by atoms with Crippen LogP contribution in [0.25, 0.3) is 0 Å². The van der Waals surface area contributed by atoms with E-state index < -0.39 is 11.8 Å². The molecule has 0 aliphatic carbocycles. The second-order valence-electron chi connectivity index (χ2n) is 15.3. The first-order valence-electron chi connectivity index (χ1n) is 23.8. The summed E-state index contributed by atoms with van der Waals surface area (Å²) >= 11 is 0. The summed E-state index contributed by atoms with van der Waals surface area (Å²) in [5, 5.41) is 5.49. The SMILES string of the molecule is O=C(CCC(=O)N1Cc2ccccc2C#Cc2ccccc21)NCCOCCOCCOCCOCCOCCOCCOCCOCCOCCOCCOCCNC(=O)CCN1C(=O)C=CC1=O. The number of imide groups is 1. The number of ether oxygens (including phenoxy) is 11. The van der Waals surface area contributed by atoms with Crippen molar-refractivity contribution in [2.45, 2.75) is 25.8 Å². The number of carbonyl (C=O) groups is 5. The molecule has 5 amide bonds. The summed E-state index contributed by atoms with van der Waals surface area (Å²) in [5.41, 5.74) is 3.38. The maximum absolute atomic E-state index is 13.3. The standard InChI is InChI=1S/C50H70N4O16/c55-46(11-12-50(59)54-41-44-7-2-1-5-42(44)9-10-43-6-3-4-8-45(43)54)51-16-19-60-21-23-62-25-27-64-29-31-66-33-35-68-37-39-70-40-38-69-36-34-67-32-30-65-28-26-63-24-22-61-20-17-52-47(56)15-18-53-48(57)13-14-49(53)58/h1-8,13-14H,11-12,15-41H2,(H,51,55)(H,52,56). The molecule has 2 aliphatic rings. The van der Waals surface area contributed by atoms with Gasteiger partial charge < -0.3 is 67.6 Å². The summed E-state index contributed by atoms with van der Waals surface area (Å²) in [6, 6.07) is 15.4. The number of benzene rings is 2. The minimum absolute atomic E-state index is 0.0440. The second-order valence-corrected chi connectivity index (χ2v) is 15.3. The normalized spacial score (nSPS) is 12.9. The molecule has 20 nitrogen and oxygen atoms in total. The van der Waals surface area contributed by atoms with Crippen molar-refractivity contribution in [1.29, 1.82) is 0 Å². The van der Waals surface area contributed by atoms with E-state index in [4.69, 9.17) is 52.1 Å². The number of nitrogens with zero attached hydrogens (tertiary/aromatic N) is 2. The molecule has 0 spiro atoms. The lowest BCUT2D eigenvalue weighted by Gasteiger charge is -2.26. The molecule has 386 valence electrons. The number of fused-ring (bicyclic) bond motifs is 2. The first-order chi connectivity index (χ1) is 34.4. The first kappa shape index (κ1) is 57.4. The van der Waals surface area contributed by atoms with Crippen molar-refractivity contribution in [1.82, 2.24) is 15.5 Å². The highest BCUT2D eigenvalue weighted by molar-refractivity contribution is 6.13. The van der Waals surface area contributed by atoms with Crippen molar-refractivity contribution < 1.29 is 76.1 Å². The summed E-state index contributed by atoms with van der Waals surface area (Å²) in [6.07, 6.45) is 2.58. The molecular weight excluding hydrogens is 913 g/mol. The lowest BCUT2D eigenvalue weighted by atomic mass is 10.0. The number of rotatable bonds is 42. The van der Waals surface area contributed by atoms with E-state index in [1.165, 1.54) is 12.2 Å². The van der Waals surface area contributed by atoms with Crippen LogP contribution in [0.3, 0.4) is 0 Å². The average Bonchev–Trinajstić information content (AvgIpc) is 3.69. The Hall–Kier alpha value is -5.15. The van der Waals surface area contributed by atoms with Gasteiger partial charge in [0.1, 0.15) is 0 Å². The molecule has 2 N–H and O–H groups in total. The molecule has 70 heavy (non-hydrogen) atoms. The van der Waals surface area contributed by atoms with Crippen LogP contribution in [-0.2, 0) is 82.6 Å². The van der Waals surface area contributed by atoms with Gasteiger partial charge in [-0.3, -0.25) is 28.9 Å². The number of nitrogens with one attached hydrogen (secondary N) is 2. The van der Waals surface area contributed by atoms with Crippen LogP contribution in [0.1, 0.15) is 36.0 Å². The highest BCUT2D eigenvalue weighted by Crippen LogP contribution is 2.26. The van der Waals surface area contributed by atoms with Crippen molar-refractivity contribution in [2.75, 3.05) is 170 Å². The largest absolute Gasteiger partial charge is 0.377 e. The molecule has 4 rings (SSSR count). The van der Waals surface area contributed by atoms with Crippen molar-refractivity contribution in [2.24, 2.45) is 0 Å². The van der Waals surface area contributed by atoms with Gasteiger partial charge in [0.25, 0.3) is 11.8 Å². The Morgan fingerprint density at radius 3 is 1.24 bits per heavy atom. The van der Waals surface area contributed by atoms with Crippen LogP contribution < -0.4 is 15.5 Å².